The Bertz CT molecular complexity index is 730. The van der Waals surface area contributed by atoms with Gasteiger partial charge in [-0.05, 0) is 67.8 Å². The molecule has 0 saturated carbocycles. The largest absolute Gasteiger partial charge is 0.497 e. The first-order chi connectivity index (χ1) is 12.7. The Morgan fingerprint density at radius 2 is 2.00 bits per heavy atom. The summed E-state index contributed by atoms with van der Waals surface area (Å²) in [4.78, 5) is 13.6. The van der Waals surface area contributed by atoms with E-state index < -0.39 is 5.91 Å². The normalized spacial score (nSPS) is 17.2. The number of amides is 1. The fourth-order valence-corrected chi connectivity index (χ4v) is 3.49. The lowest BCUT2D eigenvalue weighted by Crippen LogP contribution is -2.25. The van der Waals surface area contributed by atoms with Crippen LogP contribution in [-0.2, 0) is 0 Å². The van der Waals surface area contributed by atoms with E-state index in [-0.39, 0.29) is 0 Å². The van der Waals surface area contributed by atoms with Crippen LogP contribution in [0.15, 0.2) is 48.5 Å². The number of methoxy groups -OCH3 is 1. The molecule has 0 radical (unpaired) electrons. The second-order valence-electron chi connectivity index (χ2n) is 6.56. The van der Waals surface area contributed by atoms with Gasteiger partial charge in [-0.3, -0.25) is 9.69 Å². The molecule has 3 rings (SSSR count). The van der Waals surface area contributed by atoms with Crippen molar-refractivity contribution in [3.8, 4) is 11.5 Å². The summed E-state index contributed by atoms with van der Waals surface area (Å²) in [7, 11) is 1.71. The van der Waals surface area contributed by atoms with Gasteiger partial charge in [0.1, 0.15) is 11.5 Å². The first-order valence-electron chi connectivity index (χ1n) is 9.08. The Kier molecular flexibility index (Phi) is 6.12. The number of nitrogens with two attached hydrogens (primary N) is 1. The van der Waals surface area contributed by atoms with Gasteiger partial charge >= 0.3 is 0 Å². The molecule has 0 bridgehead atoms. The summed E-state index contributed by atoms with van der Waals surface area (Å²) in [5, 5.41) is 0. The summed E-state index contributed by atoms with van der Waals surface area (Å²) in [5.41, 5.74) is 7.06. The highest BCUT2D eigenvalue weighted by Crippen LogP contribution is 2.33. The molecule has 138 valence electrons. The van der Waals surface area contributed by atoms with Crippen molar-refractivity contribution in [2.45, 2.75) is 25.3 Å². The van der Waals surface area contributed by atoms with E-state index in [2.05, 4.69) is 23.1 Å². The maximum absolute atomic E-state index is 11.1. The standard InChI is InChI=1S/C21H26N2O3/c1-25-19-6-2-5-17(15-19)20-7-3-12-23(20)13-4-14-26-18-10-8-16(9-11-18)21(22)24/h2,5-6,8-11,15,20H,3-4,7,12-14H2,1H3,(H2,22,24). The zero-order chi connectivity index (χ0) is 18.4. The van der Waals surface area contributed by atoms with E-state index in [4.69, 9.17) is 15.2 Å². The number of carbonyl (C=O) groups excluding carboxylic acids is 1. The van der Waals surface area contributed by atoms with Crippen LogP contribution >= 0.6 is 0 Å². The van der Waals surface area contributed by atoms with Crippen molar-refractivity contribution in [1.82, 2.24) is 4.90 Å². The van der Waals surface area contributed by atoms with Gasteiger partial charge < -0.3 is 15.2 Å². The van der Waals surface area contributed by atoms with Crippen LogP contribution in [0.4, 0.5) is 0 Å². The van der Waals surface area contributed by atoms with Crippen LogP contribution in [0.5, 0.6) is 11.5 Å². The predicted molar refractivity (Wildman–Crippen MR) is 102 cm³/mol. The fraction of sp³-hybridized carbons (Fsp3) is 0.381. The van der Waals surface area contributed by atoms with Gasteiger partial charge in [0.15, 0.2) is 0 Å². The first-order valence-corrected chi connectivity index (χ1v) is 9.08. The molecular weight excluding hydrogens is 328 g/mol. The van der Waals surface area contributed by atoms with Gasteiger partial charge in [-0.1, -0.05) is 12.1 Å². The number of rotatable bonds is 8. The predicted octanol–water partition coefficient (Wildman–Crippen LogP) is 3.40. The lowest BCUT2D eigenvalue weighted by Gasteiger charge is -2.25. The lowest BCUT2D eigenvalue weighted by molar-refractivity contribution is 0.100. The molecule has 1 atom stereocenters. The van der Waals surface area contributed by atoms with Gasteiger partial charge in [0.2, 0.25) is 5.91 Å². The minimum Gasteiger partial charge on any atom is -0.497 e. The Hall–Kier alpha value is -2.53. The average Bonchev–Trinajstić information content (AvgIpc) is 3.14. The molecule has 5 heteroatoms. The maximum atomic E-state index is 11.1. The highest BCUT2D eigenvalue weighted by Gasteiger charge is 2.25. The van der Waals surface area contributed by atoms with E-state index in [0.29, 0.717) is 18.2 Å². The fourth-order valence-electron chi connectivity index (χ4n) is 3.49. The van der Waals surface area contributed by atoms with E-state index in [9.17, 15) is 4.79 Å². The molecule has 2 aromatic carbocycles. The molecule has 1 fully saturated rings. The minimum atomic E-state index is -0.422. The molecule has 1 unspecified atom stereocenters. The summed E-state index contributed by atoms with van der Waals surface area (Å²) in [5.74, 6) is 1.26. The van der Waals surface area contributed by atoms with Gasteiger partial charge in [0.25, 0.3) is 0 Å². The van der Waals surface area contributed by atoms with Crippen LogP contribution in [0.1, 0.15) is 41.2 Å². The van der Waals surface area contributed by atoms with Gasteiger partial charge in [0, 0.05) is 18.2 Å². The molecule has 1 heterocycles. The third-order valence-corrected chi connectivity index (χ3v) is 4.84. The molecule has 1 aliphatic rings. The number of hydrogen-bond acceptors (Lipinski definition) is 4. The quantitative estimate of drug-likeness (QED) is 0.738. The highest BCUT2D eigenvalue weighted by molar-refractivity contribution is 5.92. The number of primary amides is 1. The van der Waals surface area contributed by atoms with Crippen molar-refractivity contribution in [3.05, 3.63) is 59.7 Å². The monoisotopic (exact) mass is 354 g/mol. The summed E-state index contributed by atoms with van der Waals surface area (Å²) in [6.07, 6.45) is 3.36. The Balaban J connectivity index is 1.48. The molecule has 2 aromatic rings. The van der Waals surface area contributed by atoms with Crippen LogP contribution in [-0.4, -0.2) is 37.6 Å². The van der Waals surface area contributed by atoms with E-state index >= 15 is 0 Å². The smallest absolute Gasteiger partial charge is 0.248 e. The number of benzene rings is 2. The van der Waals surface area contributed by atoms with Crippen molar-refractivity contribution in [3.63, 3.8) is 0 Å². The molecule has 1 aliphatic heterocycles. The molecule has 0 spiro atoms. The van der Waals surface area contributed by atoms with Crippen LogP contribution in [0, 0.1) is 0 Å². The minimum absolute atomic E-state index is 0.422. The topological polar surface area (TPSA) is 64.8 Å². The number of ether oxygens (including phenoxy) is 2. The van der Waals surface area contributed by atoms with Crippen molar-refractivity contribution < 1.29 is 14.3 Å². The average molecular weight is 354 g/mol. The Morgan fingerprint density at radius 1 is 1.19 bits per heavy atom. The van der Waals surface area contributed by atoms with Gasteiger partial charge in [0.05, 0.1) is 13.7 Å². The van der Waals surface area contributed by atoms with Crippen LogP contribution in [0.25, 0.3) is 0 Å². The highest BCUT2D eigenvalue weighted by atomic mass is 16.5. The molecule has 5 nitrogen and oxygen atoms in total. The molecule has 2 N–H and O–H groups in total. The van der Waals surface area contributed by atoms with Crippen LogP contribution in [0.2, 0.25) is 0 Å². The van der Waals surface area contributed by atoms with Gasteiger partial charge in [-0.15, -0.1) is 0 Å². The molecule has 0 aromatic heterocycles. The Morgan fingerprint density at radius 3 is 2.73 bits per heavy atom. The summed E-state index contributed by atoms with van der Waals surface area (Å²) < 4.78 is 11.1. The summed E-state index contributed by atoms with van der Waals surface area (Å²) in [6, 6.07) is 15.8. The molecule has 26 heavy (non-hydrogen) atoms. The van der Waals surface area contributed by atoms with Gasteiger partial charge in [-0.25, -0.2) is 0 Å². The zero-order valence-corrected chi connectivity index (χ0v) is 15.2. The maximum Gasteiger partial charge on any atom is 0.248 e. The number of nitrogens with zero attached hydrogens (tertiary/aromatic N) is 1. The SMILES string of the molecule is COc1cccc(C2CCCN2CCCOc2ccc(C(N)=O)cc2)c1. The van der Waals surface area contributed by atoms with Crippen molar-refractivity contribution in [1.29, 1.82) is 0 Å². The first kappa shape index (κ1) is 18.3. The van der Waals surface area contributed by atoms with Gasteiger partial charge in [-0.2, -0.15) is 0 Å². The van der Waals surface area contributed by atoms with Crippen molar-refractivity contribution in [2.75, 3.05) is 26.8 Å². The van der Waals surface area contributed by atoms with E-state index in [0.717, 1.165) is 31.0 Å². The van der Waals surface area contributed by atoms with E-state index in [1.54, 1.807) is 31.4 Å². The molecule has 1 saturated heterocycles. The second kappa shape index (κ2) is 8.72. The third kappa shape index (κ3) is 4.55. The van der Waals surface area contributed by atoms with Crippen LogP contribution in [0.3, 0.4) is 0 Å². The number of hydrogen-bond donors (Lipinski definition) is 1. The van der Waals surface area contributed by atoms with E-state index in [1.807, 2.05) is 6.07 Å². The number of carbonyl (C=O) groups is 1. The second-order valence-corrected chi connectivity index (χ2v) is 6.56. The summed E-state index contributed by atoms with van der Waals surface area (Å²) in [6.45, 7) is 2.77. The molecule has 1 amide bonds. The Labute approximate surface area is 154 Å². The molecular formula is C21H26N2O3. The van der Waals surface area contributed by atoms with Crippen molar-refractivity contribution in [2.24, 2.45) is 5.73 Å². The van der Waals surface area contributed by atoms with Crippen molar-refractivity contribution >= 4 is 5.91 Å². The van der Waals surface area contributed by atoms with E-state index in [1.165, 1.54) is 18.4 Å². The summed E-state index contributed by atoms with van der Waals surface area (Å²) >= 11 is 0. The third-order valence-electron chi connectivity index (χ3n) is 4.84. The van der Waals surface area contributed by atoms with Crippen LogP contribution < -0.4 is 15.2 Å². The lowest BCUT2D eigenvalue weighted by atomic mass is 10.0. The molecule has 0 aliphatic carbocycles. The zero-order valence-electron chi connectivity index (χ0n) is 15.2. The number of likely N-dealkylation sites (tertiary alicyclic amines) is 1.